The van der Waals surface area contributed by atoms with Crippen LogP contribution in [0.15, 0.2) is 36.7 Å². The van der Waals surface area contributed by atoms with Crippen LogP contribution in [0.25, 0.3) is 16.6 Å². The van der Waals surface area contributed by atoms with Gasteiger partial charge in [-0.3, -0.25) is 8.97 Å². The monoisotopic (exact) mass is 438 g/mol. The van der Waals surface area contributed by atoms with Crippen LogP contribution >= 0.6 is 7.60 Å². The molecule has 31 heavy (non-hydrogen) atoms. The molecule has 162 valence electrons. The second-order valence-electron chi connectivity index (χ2n) is 9.14. The van der Waals surface area contributed by atoms with Crippen LogP contribution in [0.2, 0.25) is 0 Å². The molecule has 0 saturated heterocycles. The maximum Gasteiger partial charge on any atom is 0.376 e. The van der Waals surface area contributed by atoms with Crippen LogP contribution in [0.5, 0.6) is 0 Å². The summed E-state index contributed by atoms with van der Waals surface area (Å²) in [6.45, 7) is 12.4. The molecule has 0 spiro atoms. The first-order valence-electron chi connectivity index (χ1n) is 10.1. The van der Waals surface area contributed by atoms with E-state index in [-0.39, 0.29) is 16.4 Å². The lowest BCUT2D eigenvalue weighted by Gasteiger charge is -2.20. The van der Waals surface area contributed by atoms with Crippen molar-refractivity contribution < 1.29 is 14.4 Å². The molecule has 2 aromatic carbocycles. The van der Waals surface area contributed by atoms with Gasteiger partial charge in [0, 0.05) is 5.69 Å². The van der Waals surface area contributed by atoms with Gasteiger partial charge in [0.05, 0.1) is 11.0 Å². The smallest absolute Gasteiger partial charge is 0.338 e. The number of benzene rings is 2. The molecule has 0 aliphatic rings. The quantitative estimate of drug-likeness (QED) is 0.403. The van der Waals surface area contributed by atoms with E-state index in [2.05, 4.69) is 43.2 Å². The number of rotatable bonds is 3. The highest BCUT2D eigenvalue weighted by molar-refractivity contribution is 7.60. The second-order valence-corrected chi connectivity index (χ2v) is 10.7. The first kappa shape index (κ1) is 21.5. The van der Waals surface area contributed by atoms with Crippen molar-refractivity contribution >= 4 is 41.1 Å². The molecular weight excluding hydrogens is 411 g/mol. The van der Waals surface area contributed by atoms with E-state index in [0.717, 1.165) is 39.0 Å². The van der Waals surface area contributed by atoms with Crippen LogP contribution in [-0.2, 0) is 9.98 Å². The van der Waals surface area contributed by atoms with Gasteiger partial charge in [-0.25, -0.2) is 9.97 Å². The summed E-state index contributed by atoms with van der Waals surface area (Å²) in [6.07, 6.45) is 1.45. The third-order valence-corrected chi connectivity index (χ3v) is 6.38. The van der Waals surface area contributed by atoms with Crippen LogP contribution in [-0.4, -0.2) is 24.2 Å². The molecule has 4 rings (SSSR count). The topological polar surface area (TPSA) is 99.8 Å². The summed E-state index contributed by atoms with van der Waals surface area (Å²) in [5.41, 5.74) is 6.57. The van der Waals surface area contributed by atoms with Crippen LogP contribution < -0.4 is 10.8 Å². The van der Waals surface area contributed by atoms with Crippen LogP contribution in [0.1, 0.15) is 43.0 Å². The average Bonchev–Trinajstić information content (AvgIpc) is 3.09. The molecule has 4 aromatic rings. The number of hydrogen-bond acceptors (Lipinski definition) is 4. The van der Waals surface area contributed by atoms with Crippen LogP contribution in [0.3, 0.4) is 0 Å². The number of imidazole rings is 1. The Morgan fingerprint density at radius 2 is 1.68 bits per heavy atom. The molecular formula is C23H27N4O3P. The molecule has 8 heteroatoms. The molecule has 0 radical (unpaired) electrons. The molecule has 0 aliphatic heterocycles. The van der Waals surface area contributed by atoms with E-state index in [4.69, 9.17) is 4.98 Å². The number of anilines is 2. The molecule has 0 aliphatic carbocycles. The van der Waals surface area contributed by atoms with Gasteiger partial charge in [-0.2, -0.15) is 0 Å². The van der Waals surface area contributed by atoms with Gasteiger partial charge in [0.25, 0.3) is 0 Å². The van der Waals surface area contributed by atoms with E-state index < -0.39 is 7.60 Å². The number of nitrogens with zero attached hydrogens (tertiary/aromatic N) is 3. The third kappa shape index (κ3) is 3.85. The van der Waals surface area contributed by atoms with Crippen molar-refractivity contribution in [3.63, 3.8) is 0 Å². The Kier molecular flexibility index (Phi) is 4.97. The van der Waals surface area contributed by atoms with E-state index >= 15 is 0 Å². The third-order valence-electron chi connectivity index (χ3n) is 5.50. The SMILES string of the molecule is Cc1cc(C)c(Nc2nc3cc(C(C)(C)C)ccc3n3cnc(P(=O)(O)O)c23)c(C)c1. The normalized spacial score (nSPS) is 12.6. The molecule has 7 nitrogen and oxygen atoms in total. The zero-order valence-electron chi connectivity index (χ0n) is 18.6. The fraction of sp³-hybridized carbons (Fsp3) is 0.304. The summed E-state index contributed by atoms with van der Waals surface area (Å²) in [7, 11) is -4.61. The minimum atomic E-state index is -4.61. The Morgan fingerprint density at radius 1 is 1.03 bits per heavy atom. The number of nitrogens with one attached hydrogen (secondary N) is 1. The first-order chi connectivity index (χ1) is 14.4. The molecule has 0 amide bonds. The molecule has 0 bridgehead atoms. The van der Waals surface area contributed by atoms with E-state index in [1.165, 1.54) is 6.33 Å². The molecule has 0 fully saturated rings. The largest absolute Gasteiger partial charge is 0.376 e. The Morgan fingerprint density at radius 3 is 2.26 bits per heavy atom. The Balaban J connectivity index is 2.05. The zero-order chi connectivity index (χ0) is 22.7. The number of aryl methyl sites for hydroxylation is 3. The predicted octanol–water partition coefficient (Wildman–Crippen LogP) is 4.65. The van der Waals surface area contributed by atoms with Gasteiger partial charge in [-0.1, -0.05) is 44.5 Å². The summed E-state index contributed by atoms with van der Waals surface area (Å²) in [5.74, 6) is 0.365. The Labute approximate surface area is 181 Å². The fourth-order valence-electron chi connectivity index (χ4n) is 3.99. The molecule has 0 atom stereocenters. The molecule has 2 heterocycles. The van der Waals surface area contributed by atoms with Gasteiger partial charge in [-0.15, -0.1) is 0 Å². The van der Waals surface area contributed by atoms with Gasteiger partial charge >= 0.3 is 7.60 Å². The summed E-state index contributed by atoms with van der Waals surface area (Å²) >= 11 is 0. The lowest BCUT2D eigenvalue weighted by Crippen LogP contribution is -2.13. The summed E-state index contributed by atoms with van der Waals surface area (Å²) in [6, 6.07) is 10.1. The summed E-state index contributed by atoms with van der Waals surface area (Å²) in [5, 5.41) is 3.34. The van der Waals surface area contributed by atoms with Crippen molar-refractivity contribution in [1.29, 1.82) is 0 Å². The van der Waals surface area contributed by atoms with Crippen molar-refractivity contribution in [2.45, 2.75) is 47.0 Å². The van der Waals surface area contributed by atoms with Crippen LogP contribution in [0, 0.1) is 20.8 Å². The maximum absolute atomic E-state index is 12.2. The Hall–Kier alpha value is -2.73. The lowest BCUT2D eigenvalue weighted by atomic mass is 9.87. The van der Waals surface area contributed by atoms with Gasteiger partial charge in [0.1, 0.15) is 11.8 Å². The highest BCUT2D eigenvalue weighted by Gasteiger charge is 2.28. The zero-order valence-corrected chi connectivity index (χ0v) is 19.5. The standard InChI is InChI=1S/C23H27N4O3P/c1-13-9-14(2)19(15(3)10-13)26-21-20-22(31(28,29)30)24-12-27(20)18-8-7-16(23(4,5)6)11-17(18)25-21/h7-12H,1-6H3,(H,25,26)(H2,28,29,30). The first-order valence-corrected chi connectivity index (χ1v) is 11.7. The average molecular weight is 438 g/mol. The van der Waals surface area contributed by atoms with Crippen molar-refractivity contribution in [2.75, 3.05) is 5.32 Å². The molecule has 0 unspecified atom stereocenters. The molecule has 0 saturated carbocycles. The van der Waals surface area contributed by atoms with Crippen molar-refractivity contribution in [3.8, 4) is 0 Å². The van der Waals surface area contributed by atoms with Gasteiger partial charge < -0.3 is 15.1 Å². The van der Waals surface area contributed by atoms with Crippen molar-refractivity contribution in [3.05, 3.63) is 58.9 Å². The maximum atomic E-state index is 12.2. The summed E-state index contributed by atoms with van der Waals surface area (Å²) < 4.78 is 13.9. The van der Waals surface area contributed by atoms with Gasteiger partial charge in [0.2, 0.25) is 0 Å². The number of hydrogen-bond donors (Lipinski definition) is 3. The van der Waals surface area contributed by atoms with E-state index in [1.54, 1.807) is 4.40 Å². The van der Waals surface area contributed by atoms with Crippen LogP contribution in [0.4, 0.5) is 11.5 Å². The van der Waals surface area contributed by atoms with E-state index in [9.17, 15) is 14.4 Å². The van der Waals surface area contributed by atoms with E-state index in [0.29, 0.717) is 5.82 Å². The number of fused-ring (bicyclic) bond motifs is 3. The minimum absolute atomic E-state index is 0.0610. The second kappa shape index (κ2) is 7.16. The van der Waals surface area contributed by atoms with Crippen molar-refractivity contribution in [2.24, 2.45) is 0 Å². The minimum Gasteiger partial charge on any atom is -0.338 e. The highest BCUT2D eigenvalue weighted by Crippen LogP contribution is 2.38. The molecule has 3 N–H and O–H groups in total. The fourth-order valence-corrected chi connectivity index (χ4v) is 4.69. The highest BCUT2D eigenvalue weighted by atomic mass is 31.2. The predicted molar refractivity (Wildman–Crippen MR) is 125 cm³/mol. The summed E-state index contributed by atoms with van der Waals surface area (Å²) in [4.78, 5) is 28.7. The lowest BCUT2D eigenvalue weighted by molar-refractivity contribution is 0.386. The van der Waals surface area contributed by atoms with Gasteiger partial charge in [-0.05, 0) is 55.0 Å². The van der Waals surface area contributed by atoms with Crippen molar-refractivity contribution in [1.82, 2.24) is 14.4 Å². The number of aromatic nitrogens is 3. The van der Waals surface area contributed by atoms with E-state index in [1.807, 2.05) is 39.0 Å². The van der Waals surface area contributed by atoms with Gasteiger partial charge in [0.15, 0.2) is 11.3 Å². The Bertz CT molecular complexity index is 1360. The molecule has 2 aromatic heterocycles.